The van der Waals surface area contributed by atoms with Gasteiger partial charge in [-0.2, -0.15) is 0 Å². The van der Waals surface area contributed by atoms with Crippen LogP contribution in [0.1, 0.15) is 5.56 Å². The van der Waals surface area contributed by atoms with E-state index in [-0.39, 0.29) is 0 Å². The van der Waals surface area contributed by atoms with Crippen molar-refractivity contribution in [3.05, 3.63) is 60.4 Å². The molecule has 0 aliphatic heterocycles. The van der Waals surface area contributed by atoms with Crippen molar-refractivity contribution >= 4 is 10.9 Å². The lowest BCUT2D eigenvalue weighted by atomic mass is 10.2. The van der Waals surface area contributed by atoms with Crippen molar-refractivity contribution in [1.29, 1.82) is 0 Å². The Morgan fingerprint density at radius 2 is 1.69 bits per heavy atom. The van der Waals surface area contributed by atoms with Gasteiger partial charge in [-0.15, -0.1) is 0 Å². The molecule has 0 aliphatic carbocycles. The largest absolute Gasteiger partial charge is 0.287 e. The second-order valence-corrected chi connectivity index (χ2v) is 3.93. The zero-order chi connectivity index (χ0) is 11.0. The molecule has 0 spiro atoms. The highest BCUT2D eigenvalue weighted by Gasteiger charge is 2.14. The van der Waals surface area contributed by atoms with Gasteiger partial charge in [0.15, 0.2) is 0 Å². The monoisotopic (exact) mass is 209 g/mol. The molecular weight excluding hydrogens is 196 g/mol. The van der Waals surface area contributed by atoms with Crippen LogP contribution >= 0.6 is 0 Å². The van der Waals surface area contributed by atoms with Gasteiger partial charge in [0, 0.05) is 5.39 Å². The SMILES string of the molecule is Cc1c(-[n+]2ccccc2)[nH]c2ccccc12. The van der Waals surface area contributed by atoms with Crippen molar-refractivity contribution in [2.75, 3.05) is 0 Å². The molecule has 2 heterocycles. The molecule has 0 unspecified atom stereocenters. The molecule has 2 nitrogen and oxygen atoms in total. The number of para-hydroxylation sites is 1. The molecule has 0 fully saturated rings. The number of aromatic nitrogens is 2. The normalized spacial score (nSPS) is 10.8. The molecule has 0 atom stereocenters. The second-order valence-electron chi connectivity index (χ2n) is 3.93. The molecule has 0 aliphatic rings. The van der Waals surface area contributed by atoms with Crippen molar-refractivity contribution < 1.29 is 4.57 Å². The number of nitrogens with zero attached hydrogens (tertiary/aromatic N) is 1. The summed E-state index contributed by atoms with van der Waals surface area (Å²) in [5.74, 6) is 1.14. The Balaban J connectivity index is 2.29. The van der Waals surface area contributed by atoms with E-state index in [0.717, 1.165) is 5.82 Å². The summed E-state index contributed by atoms with van der Waals surface area (Å²) < 4.78 is 2.11. The third-order valence-electron chi connectivity index (χ3n) is 2.91. The standard InChI is InChI=1S/C14H13N2/c1-11-12-7-3-4-8-13(12)15-14(11)16-9-5-2-6-10-16/h2-10,15H,1H3/q+1. The van der Waals surface area contributed by atoms with E-state index in [1.54, 1.807) is 0 Å². The maximum absolute atomic E-state index is 3.44. The molecule has 0 saturated carbocycles. The first-order valence-electron chi connectivity index (χ1n) is 5.40. The van der Waals surface area contributed by atoms with Crippen molar-refractivity contribution in [3.63, 3.8) is 0 Å². The average molecular weight is 209 g/mol. The van der Waals surface area contributed by atoms with Crippen LogP contribution in [0.2, 0.25) is 0 Å². The predicted molar refractivity (Wildman–Crippen MR) is 64.6 cm³/mol. The molecule has 0 bridgehead atoms. The molecule has 3 aromatic rings. The lowest BCUT2D eigenvalue weighted by Gasteiger charge is -1.94. The molecule has 3 rings (SSSR count). The number of pyridine rings is 1. The highest BCUT2D eigenvalue weighted by Crippen LogP contribution is 2.20. The minimum atomic E-state index is 1.14. The zero-order valence-electron chi connectivity index (χ0n) is 9.14. The highest BCUT2D eigenvalue weighted by atomic mass is 15.0. The summed E-state index contributed by atoms with van der Waals surface area (Å²) in [5, 5.41) is 1.29. The second kappa shape index (κ2) is 3.49. The zero-order valence-corrected chi connectivity index (χ0v) is 9.14. The van der Waals surface area contributed by atoms with Gasteiger partial charge in [-0.3, -0.25) is 0 Å². The van der Waals surface area contributed by atoms with Gasteiger partial charge in [-0.05, 0) is 25.1 Å². The van der Waals surface area contributed by atoms with Crippen molar-refractivity contribution in [2.24, 2.45) is 0 Å². The molecule has 2 heteroatoms. The van der Waals surface area contributed by atoms with Crippen LogP contribution < -0.4 is 4.57 Å². The summed E-state index contributed by atoms with van der Waals surface area (Å²) in [7, 11) is 0. The predicted octanol–water partition coefficient (Wildman–Crippen LogP) is 2.75. The fourth-order valence-electron chi connectivity index (χ4n) is 2.07. The van der Waals surface area contributed by atoms with E-state index < -0.39 is 0 Å². The van der Waals surface area contributed by atoms with Crippen LogP contribution in [0.15, 0.2) is 54.9 Å². The third kappa shape index (κ3) is 1.31. The van der Waals surface area contributed by atoms with Gasteiger partial charge in [0.1, 0.15) is 5.52 Å². The van der Waals surface area contributed by atoms with E-state index in [4.69, 9.17) is 0 Å². The summed E-state index contributed by atoms with van der Waals surface area (Å²) in [6.07, 6.45) is 4.11. The van der Waals surface area contributed by atoms with E-state index in [0.29, 0.717) is 0 Å². The fourth-order valence-corrected chi connectivity index (χ4v) is 2.07. The fraction of sp³-hybridized carbons (Fsp3) is 0.0714. The highest BCUT2D eigenvalue weighted by molar-refractivity contribution is 5.85. The molecule has 2 aromatic heterocycles. The Bertz CT molecular complexity index is 624. The Morgan fingerprint density at radius 1 is 0.938 bits per heavy atom. The summed E-state index contributed by atoms with van der Waals surface area (Å²) in [6, 6.07) is 14.5. The van der Waals surface area contributed by atoms with E-state index in [1.807, 2.05) is 18.2 Å². The quantitative estimate of drug-likeness (QED) is 0.595. The minimum absolute atomic E-state index is 1.14. The molecule has 1 N–H and O–H groups in total. The molecule has 0 amide bonds. The van der Waals surface area contributed by atoms with Gasteiger partial charge in [-0.1, -0.05) is 24.3 Å². The van der Waals surface area contributed by atoms with Gasteiger partial charge < -0.3 is 0 Å². The molecule has 1 aromatic carbocycles. The van der Waals surface area contributed by atoms with Crippen LogP contribution in [0.4, 0.5) is 0 Å². The van der Waals surface area contributed by atoms with E-state index in [2.05, 4.69) is 53.1 Å². The maximum atomic E-state index is 3.44. The van der Waals surface area contributed by atoms with Crippen molar-refractivity contribution in [2.45, 2.75) is 6.92 Å². The Labute approximate surface area is 94.2 Å². The third-order valence-corrected chi connectivity index (χ3v) is 2.91. The smallest absolute Gasteiger partial charge is 0.240 e. The topological polar surface area (TPSA) is 19.7 Å². The lowest BCUT2D eigenvalue weighted by molar-refractivity contribution is -0.599. The van der Waals surface area contributed by atoms with Gasteiger partial charge in [0.25, 0.3) is 5.82 Å². The van der Waals surface area contributed by atoms with E-state index in [1.165, 1.54) is 16.5 Å². The Morgan fingerprint density at radius 3 is 2.44 bits per heavy atom. The number of nitrogens with one attached hydrogen (secondary N) is 1. The van der Waals surface area contributed by atoms with Gasteiger partial charge >= 0.3 is 0 Å². The number of H-pyrrole nitrogens is 1. The lowest BCUT2D eigenvalue weighted by Crippen LogP contribution is -2.30. The summed E-state index contributed by atoms with van der Waals surface area (Å²) in [4.78, 5) is 3.44. The molecule has 0 saturated heterocycles. The number of benzene rings is 1. The van der Waals surface area contributed by atoms with E-state index >= 15 is 0 Å². The first-order valence-corrected chi connectivity index (χ1v) is 5.40. The maximum Gasteiger partial charge on any atom is 0.287 e. The van der Waals surface area contributed by atoms with Crippen molar-refractivity contribution in [1.82, 2.24) is 4.98 Å². The molecular formula is C14H13N2+. The Hall–Kier alpha value is -2.09. The summed E-state index contributed by atoms with van der Waals surface area (Å²) in [5.41, 5.74) is 2.47. The van der Waals surface area contributed by atoms with Crippen LogP contribution in [0.5, 0.6) is 0 Å². The van der Waals surface area contributed by atoms with Crippen molar-refractivity contribution in [3.8, 4) is 5.82 Å². The van der Waals surface area contributed by atoms with Gasteiger partial charge in [0.05, 0.1) is 18.0 Å². The number of aryl methyl sites for hydroxylation is 1. The minimum Gasteiger partial charge on any atom is -0.240 e. The van der Waals surface area contributed by atoms with E-state index in [9.17, 15) is 0 Å². The molecule has 0 radical (unpaired) electrons. The first-order chi connectivity index (χ1) is 7.86. The van der Waals surface area contributed by atoms with Gasteiger partial charge in [-0.25, -0.2) is 9.55 Å². The number of fused-ring (bicyclic) bond motifs is 1. The molecule has 16 heavy (non-hydrogen) atoms. The Kier molecular flexibility index (Phi) is 2.00. The first kappa shape index (κ1) is 9.16. The van der Waals surface area contributed by atoms with Crippen LogP contribution in [0.25, 0.3) is 16.7 Å². The van der Waals surface area contributed by atoms with Crippen LogP contribution in [0.3, 0.4) is 0 Å². The summed E-state index contributed by atoms with van der Waals surface area (Å²) >= 11 is 0. The summed E-state index contributed by atoms with van der Waals surface area (Å²) in [6.45, 7) is 2.15. The van der Waals surface area contributed by atoms with Crippen LogP contribution in [-0.4, -0.2) is 4.98 Å². The molecule has 78 valence electrons. The number of hydrogen-bond donors (Lipinski definition) is 1. The number of rotatable bonds is 1. The number of aromatic amines is 1. The van der Waals surface area contributed by atoms with Crippen LogP contribution in [-0.2, 0) is 0 Å². The average Bonchev–Trinajstić information content (AvgIpc) is 2.69. The van der Waals surface area contributed by atoms with Crippen LogP contribution in [0, 0.1) is 6.92 Å². The van der Waals surface area contributed by atoms with Gasteiger partial charge in [0.2, 0.25) is 0 Å². The number of hydrogen-bond acceptors (Lipinski definition) is 0.